The predicted octanol–water partition coefficient (Wildman–Crippen LogP) is 3.21. The number of hydrogen-bond acceptors (Lipinski definition) is 4. The normalized spacial score (nSPS) is 15.8. The summed E-state index contributed by atoms with van der Waals surface area (Å²) in [4.78, 5) is 35.9. The summed E-state index contributed by atoms with van der Waals surface area (Å²) in [5, 5.41) is 11.9. The van der Waals surface area contributed by atoms with Gasteiger partial charge in [-0.1, -0.05) is 11.6 Å². The summed E-state index contributed by atoms with van der Waals surface area (Å²) in [6, 6.07) is 7.00. The van der Waals surface area contributed by atoms with Crippen LogP contribution >= 0.6 is 11.6 Å². The van der Waals surface area contributed by atoms with E-state index in [1.54, 1.807) is 19.1 Å². The number of nitrogens with one attached hydrogen (secondary N) is 1. The molecule has 0 spiro atoms. The van der Waals surface area contributed by atoms with Crippen LogP contribution in [-0.2, 0) is 4.79 Å². The topological polar surface area (TPSA) is 99.8 Å². The quantitative estimate of drug-likeness (QED) is 0.644. The summed E-state index contributed by atoms with van der Waals surface area (Å²) in [6.45, 7) is 1.96. The van der Waals surface area contributed by atoms with E-state index < -0.39 is 17.9 Å². The second kappa shape index (κ2) is 6.45. The molecule has 3 amide bonds. The number of hydrogen-bond donors (Lipinski definition) is 2. The minimum atomic E-state index is -1.08. The van der Waals surface area contributed by atoms with Gasteiger partial charge < -0.3 is 14.8 Å². The lowest BCUT2D eigenvalue weighted by atomic mass is 10.1. The molecule has 1 aromatic heterocycles. The van der Waals surface area contributed by atoms with Crippen molar-refractivity contribution in [2.75, 3.05) is 6.54 Å². The van der Waals surface area contributed by atoms with Crippen LogP contribution in [0.2, 0.25) is 5.02 Å². The lowest BCUT2D eigenvalue weighted by Crippen LogP contribution is -2.30. The summed E-state index contributed by atoms with van der Waals surface area (Å²) in [7, 11) is 0. The van der Waals surface area contributed by atoms with Gasteiger partial charge in [0, 0.05) is 18.2 Å². The molecule has 0 saturated carbocycles. The van der Waals surface area contributed by atoms with Gasteiger partial charge in [0.2, 0.25) is 0 Å². The fourth-order valence-electron chi connectivity index (χ4n) is 2.42. The summed E-state index contributed by atoms with van der Waals surface area (Å²) < 4.78 is 5.62. The van der Waals surface area contributed by atoms with Crippen LogP contribution in [0.25, 0.3) is 17.4 Å². The minimum absolute atomic E-state index is 0.0764. The smallest absolute Gasteiger partial charge is 0.335 e. The molecule has 1 saturated heterocycles. The minimum Gasteiger partial charge on any atom is -0.478 e. The maximum absolute atomic E-state index is 12.0. The Morgan fingerprint density at radius 3 is 2.72 bits per heavy atom. The molecule has 25 heavy (non-hydrogen) atoms. The number of benzene rings is 1. The highest BCUT2D eigenvalue weighted by atomic mass is 35.5. The highest BCUT2D eigenvalue weighted by molar-refractivity contribution is 6.33. The molecule has 0 atom stereocenters. The number of amides is 3. The number of urea groups is 1. The van der Waals surface area contributed by atoms with E-state index in [0.717, 1.165) is 4.90 Å². The Morgan fingerprint density at radius 1 is 1.32 bits per heavy atom. The van der Waals surface area contributed by atoms with Crippen LogP contribution in [-0.4, -0.2) is 34.5 Å². The van der Waals surface area contributed by atoms with Crippen molar-refractivity contribution in [1.29, 1.82) is 0 Å². The lowest BCUT2D eigenvalue weighted by molar-refractivity contribution is -0.122. The number of nitrogens with zero attached hydrogens (tertiary/aromatic N) is 1. The van der Waals surface area contributed by atoms with Crippen molar-refractivity contribution in [3.63, 3.8) is 0 Å². The van der Waals surface area contributed by atoms with Crippen molar-refractivity contribution < 1.29 is 23.9 Å². The molecule has 7 nitrogen and oxygen atoms in total. The number of imide groups is 1. The molecule has 0 aliphatic carbocycles. The third-order valence-corrected chi connectivity index (χ3v) is 4.00. The Kier molecular flexibility index (Phi) is 4.33. The van der Waals surface area contributed by atoms with Crippen LogP contribution in [0, 0.1) is 0 Å². The zero-order valence-corrected chi connectivity index (χ0v) is 13.8. The second-order valence-corrected chi connectivity index (χ2v) is 5.65. The van der Waals surface area contributed by atoms with E-state index in [1.807, 2.05) is 0 Å². The van der Waals surface area contributed by atoms with Crippen LogP contribution in [0.3, 0.4) is 0 Å². The van der Waals surface area contributed by atoms with Gasteiger partial charge in [0.15, 0.2) is 0 Å². The highest BCUT2D eigenvalue weighted by Gasteiger charge is 2.32. The molecule has 1 aromatic carbocycles. The van der Waals surface area contributed by atoms with Crippen LogP contribution < -0.4 is 5.32 Å². The van der Waals surface area contributed by atoms with Crippen molar-refractivity contribution in [3.8, 4) is 11.3 Å². The molecule has 2 heterocycles. The van der Waals surface area contributed by atoms with Crippen LogP contribution in [0.15, 0.2) is 40.4 Å². The van der Waals surface area contributed by atoms with E-state index >= 15 is 0 Å². The maximum Gasteiger partial charge on any atom is 0.335 e. The average Bonchev–Trinajstić information content (AvgIpc) is 3.13. The zero-order valence-electron chi connectivity index (χ0n) is 13.1. The Labute approximate surface area is 147 Å². The van der Waals surface area contributed by atoms with E-state index in [4.69, 9.17) is 21.1 Å². The number of carboxylic acid groups (broad SMARTS) is 1. The largest absolute Gasteiger partial charge is 0.478 e. The highest BCUT2D eigenvalue weighted by Crippen LogP contribution is 2.31. The maximum atomic E-state index is 12.0. The summed E-state index contributed by atoms with van der Waals surface area (Å²) >= 11 is 6.11. The molecule has 0 bridgehead atoms. The molecule has 128 valence electrons. The van der Waals surface area contributed by atoms with Crippen LogP contribution in [0.5, 0.6) is 0 Å². The summed E-state index contributed by atoms with van der Waals surface area (Å²) in [5.41, 5.74) is 0.605. The van der Waals surface area contributed by atoms with Gasteiger partial charge in [0.1, 0.15) is 17.2 Å². The SMILES string of the molecule is CCN1C(=O)N/C(=C\c2ccc(-c3cc(C(=O)O)ccc3Cl)o2)C1=O. The molecule has 1 fully saturated rings. The Bertz CT molecular complexity index is 916. The summed E-state index contributed by atoms with van der Waals surface area (Å²) in [5.74, 6) is -0.834. The third-order valence-electron chi connectivity index (χ3n) is 3.67. The molecule has 3 rings (SSSR count). The van der Waals surface area contributed by atoms with Gasteiger partial charge in [-0.25, -0.2) is 9.59 Å². The van der Waals surface area contributed by atoms with Crippen molar-refractivity contribution in [1.82, 2.24) is 10.2 Å². The molecule has 2 N–H and O–H groups in total. The number of aromatic carboxylic acids is 1. The van der Waals surface area contributed by atoms with Gasteiger partial charge in [-0.3, -0.25) is 9.69 Å². The number of likely N-dealkylation sites (N-methyl/N-ethyl adjacent to an activating group) is 1. The standard InChI is InChI=1S/C17H13ClN2O5/c1-2-20-15(21)13(19-17(20)24)8-10-4-6-14(25-10)11-7-9(16(22)23)3-5-12(11)18/h3-8H,2H2,1H3,(H,19,24)(H,22,23)/b13-8-. The van der Waals surface area contributed by atoms with Gasteiger partial charge in [-0.2, -0.15) is 0 Å². The van der Waals surface area contributed by atoms with E-state index in [-0.39, 0.29) is 17.8 Å². The summed E-state index contributed by atoms with van der Waals surface area (Å²) in [6.07, 6.45) is 1.41. The number of carbonyl (C=O) groups is 3. The van der Waals surface area contributed by atoms with E-state index in [0.29, 0.717) is 22.1 Å². The number of halogens is 1. The first-order chi connectivity index (χ1) is 11.9. The Balaban J connectivity index is 1.93. The molecule has 1 aliphatic rings. The Hall–Kier alpha value is -3.06. The number of rotatable bonds is 4. The molecule has 8 heteroatoms. The number of furan rings is 1. The zero-order chi connectivity index (χ0) is 18.1. The molecular formula is C17H13ClN2O5. The third kappa shape index (κ3) is 3.14. The first-order valence-electron chi connectivity index (χ1n) is 7.38. The van der Waals surface area contributed by atoms with Gasteiger partial charge in [-0.05, 0) is 37.3 Å². The first-order valence-corrected chi connectivity index (χ1v) is 7.76. The van der Waals surface area contributed by atoms with Crippen molar-refractivity contribution in [2.45, 2.75) is 6.92 Å². The lowest BCUT2D eigenvalue weighted by Gasteiger charge is -2.05. The molecule has 0 unspecified atom stereocenters. The van der Waals surface area contributed by atoms with Gasteiger partial charge in [-0.15, -0.1) is 0 Å². The van der Waals surface area contributed by atoms with Crippen molar-refractivity contribution >= 4 is 35.6 Å². The van der Waals surface area contributed by atoms with Crippen molar-refractivity contribution in [2.24, 2.45) is 0 Å². The van der Waals surface area contributed by atoms with Gasteiger partial charge in [0.25, 0.3) is 5.91 Å². The van der Waals surface area contributed by atoms with E-state index in [9.17, 15) is 14.4 Å². The molecule has 0 radical (unpaired) electrons. The molecule has 1 aliphatic heterocycles. The van der Waals surface area contributed by atoms with Crippen molar-refractivity contribution in [3.05, 3.63) is 52.4 Å². The monoisotopic (exact) mass is 360 g/mol. The van der Waals surface area contributed by atoms with Gasteiger partial charge in [0.05, 0.1) is 10.6 Å². The first kappa shape index (κ1) is 16.8. The molecule has 2 aromatic rings. The number of carbonyl (C=O) groups excluding carboxylic acids is 2. The van der Waals surface area contributed by atoms with E-state index in [1.165, 1.54) is 24.3 Å². The second-order valence-electron chi connectivity index (χ2n) is 5.24. The van der Waals surface area contributed by atoms with Crippen LogP contribution in [0.1, 0.15) is 23.0 Å². The van der Waals surface area contributed by atoms with Gasteiger partial charge >= 0.3 is 12.0 Å². The Morgan fingerprint density at radius 2 is 2.08 bits per heavy atom. The predicted molar refractivity (Wildman–Crippen MR) is 90.0 cm³/mol. The van der Waals surface area contributed by atoms with Crippen LogP contribution in [0.4, 0.5) is 4.79 Å². The fraction of sp³-hybridized carbons (Fsp3) is 0.118. The molecular weight excluding hydrogens is 348 g/mol. The van der Waals surface area contributed by atoms with E-state index in [2.05, 4.69) is 5.32 Å². The fourth-order valence-corrected chi connectivity index (χ4v) is 2.63. The number of carboxylic acids is 1. The average molecular weight is 361 g/mol.